The number of fused-ring (bicyclic) bond motifs is 3. The monoisotopic (exact) mass is 441 g/mol. The molecule has 3 unspecified atom stereocenters. The largest absolute Gasteiger partial charge is 0.406 e. The fraction of sp³-hybridized carbons (Fsp3) is 0.542. The Morgan fingerprint density at radius 3 is 2.19 bits per heavy atom. The van der Waals surface area contributed by atoms with Gasteiger partial charge >= 0.3 is 7.75 Å². The van der Waals surface area contributed by atoms with Gasteiger partial charge in [-0.15, -0.1) is 0 Å². The van der Waals surface area contributed by atoms with Crippen LogP contribution in [0.15, 0.2) is 36.4 Å². The predicted octanol–water partition coefficient (Wildman–Crippen LogP) is 5.45. The lowest BCUT2D eigenvalue weighted by Crippen LogP contribution is -2.46. The first kappa shape index (κ1) is 22.3. The van der Waals surface area contributed by atoms with Gasteiger partial charge in [-0.1, -0.05) is 24.3 Å². The lowest BCUT2D eigenvalue weighted by Gasteiger charge is -2.42. The average Bonchev–Trinajstić information content (AvgIpc) is 2.95. The number of nitriles is 1. The Labute approximate surface area is 185 Å². The van der Waals surface area contributed by atoms with E-state index in [0.29, 0.717) is 5.56 Å². The van der Waals surface area contributed by atoms with Gasteiger partial charge < -0.3 is 9.79 Å². The normalized spacial score (nSPS) is 25.4. The fourth-order valence-electron chi connectivity index (χ4n) is 5.64. The second kappa shape index (κ2) is 8.56. The van der Waals surface area contributed by atoms with Crippen LogP contribution in [0.2, 0.25) is 0 Å². The molecule has 0 saturated carbocycles. The molecule has 2 bridgehead atoms. The molecule has 6 nitrogen and oxygen atoms in total. The topological polar surface area (TPSA) is 76.8 Å². The molecule has 2 saturated heterocycles. The summed E-state index contributed by atoms with van der Waals surface area (Å²) in [5, 5.41) is 11.6. The summed E-state index contributed by atoms with van der Waals surface area (Å²) in [6.45, 7) is 7.70. The maximum Gasteiger partial charge on any atom is 0.406 e. The maximum absolute atomic E-state index is 13.1. The molecular weight excluding hydrogens is 409 g/mol. The minimum atomic E-state index is -3.87. The van der Waals surface area contributed by atoms with E-state index in [1.165, 1.54) is 0 Å². The zero-order valence-electron chi connectivity index (χ0n) is 18.7. The van der Waals surface area contributed by atoms with Crippen LogP contribution in [0.4, 0.5) is 5.69 Å². The number of hydrogen-bond donors (Lipinski definition) is 1. The zero-order chi connectivity index (χ0) is 22.3. The van der Waals surface area contributed by atoms with Crippen molar-refractivity contribution < 1.29 is 14.0 Å². The van der Waals surface area contributed by atoms with Crippen molar-refractivity contribution in [3.63, 3.8) is 0 Å². The van der Waals surface area contributed by atoms with Crippen LogP contribution in [-0.4, -0.2) is 39.8 Å². The van der Waals surface area contributed by atoms with Gasteiger partial charge in [0.15, 0.2) is 0 Å². The Bertz CT molecular complexity index is 1030. The number of hydrogen-bond acceptors (Lipinski definition) is 4. The molecule has 1 N–H and O–H groups in total. The average molecular weight is 442 g/mol. The molecule has 0 spiro atoms. The van der Waals surface area contributed by atoms with E-state index < -0.39 is 7.75 Å². The molecule has 0 amide bonds. The van der Waals surface area contributed by atoms with E-state index in [9.17, 15) is 14.7 Å². The number of nitrogens with zero attached hydrogens (tertiary/aromatic N) is 3. The van der Waals surface area contributed by atoms with E-state index in [2.05, 4.69) is 23.1 Å². The third kappa shape index (κ3) is 4.13. The van der Waals surface area contributed by atoms with Crippen LogP contribution in [0.5, 0.6) is 0 Å². The van der Waals surface area contributed by atoms with Gasteiger partial charge in [0.1, 0.15) is 0 Å². The summed E-state index contributed by atoms with van der Waals surface area (Å²) in [6, 6.07) is 14.7. The van der Waals surface area contributed by atoms with Gasteiger partial charge in [0.25, 0.3) is 0 Å². The maximum atomic E-state index is 13.1. The van der Waals surface area contributed by atoms with Gasteiger partial charge in [0.05, 0.1) is 17.7 Å². The minimum absolute atomic E-state index is 0.0716. The van der Waals surface area contributed by atoms with Crippen molar-refractivity contribution in [2.75, 3.05) is 4.90 Å². The fourth-order valence-corrected chi connectivity index (χ4v) is 7.48. The Morgan fingerprint density at radius 1 is 1.06 bits per heavy atom. The minimum Gasteiger partial charge on any atom is -0.365 e. The van der Waals surface area contributed by atoms with E-state index >= 15 is 0 Å². The number of benzene rings is 2. The van der Waals surface area contributed by atoms with Crippen molar-refractivity contribution in [1.82, 2.24) is 4.67 Å². The molecule has 31 heavy (non-hydrogen) atoms. The first-order valence-corrected chi connectivity index (χ1v) is 12.8. The summed E-state index contributed by atoms with van der Waals surface area (Å²) in [5.74, 6) is 0. The van der Waals surface area contributed by atoms with E-state index in [1.54, 1.807) is 4.67 Å². The van der Waals surface area contributed by atoms with E-state index in [1.807, 2.05) is 52.0 Å². The van der Waals surface area contributed by atoms with Gasteiger partial charge in [-0.2, -0.15) is 5.26 Å². The first-order valence-electron chi connectivity index (χ1n) is 11.2. The van der Waals surface area contributed by atoms with Crippen LogP contribution in [-0.2, 0) is 9.09 Å². The lowest BCUT2D eigenvalue weighted by atomic mass is 9.96. The summed E-state index contributed by atoms with van der Waals surface area (Å²) >= 11 is 0. The van der Waals surface area contributed by atoms with Gasteiger partial charge in [-0.05, 0) is 65.5 Å². The molecule has 2 aromatic carbocycles. The molecule has 0 aromatic heterocycles. The number of rotatable bonds is 6. The second-order valence-corrected chi connectivity index (χ2v) is 11.0. The highest BCUT2D eigenvalue weighted by atomic mass is 31.2. The van der Waals surface area contributed by atoms with Crippen molar-refractivity contribution in [2.24, 2.45) is 0 Å². The molecule has 0 radical (unpaired) electrons. The van der Waals surface area contributed by atoms with Crippen molar-refractivity contribution in [3.8, 4) is 6.07 Å². The number of anilines is 1. The summed E-state index contributed by atoms with van der Waals surface area (Å²) in [4.78, 5) is 13.2. The lowest BCUT2D eigenvalue weighted by molar-refractivity contribution is 0.0941. The Morgan fingerprint density at radius 2 is 1.65 bits per heavy atom. The molecule has 2 aromatic rings. The number of piperidine rings is 1. The Kier molecular flexibility index (Phi) is 6.16. The second-order valence-electron chi connectivity index (χ2n) is 9.34. The van der Waals surface area contributed by atoms with Crippen LogP contribution in [0.1, 0.15) is 58.9 Å². The van der Waals surface area contributed by atoms with Gasteiger partial charge in [-0.3, -0.25) is 4.52 Å². The highest BCUT2D eigenvalue weighted by molar-refractivity contribution is 7.50. The highest BCUT2D eigenvalue weighted by Crippen LogP contribution is 2.53. The van der Waals surface area contributed by atoms with Crippen LogP contribution in [0.3, 0.4) is 0 Å². The molecule has 2 aliphatic heterocycles. The smallest absolute Gasteiger partial charge is 0.365 e. The third-order valence-corrected chi connectivity index (χ3v) is 8.71. The van der Waals surface area contributed by atoms with Crippen molar-refractivity contribution in [3.05, 3.63) is 42.0 Å². The predicted molar refractivity (Wildman–Crippen MR) is 124 cm³/mol. The zero-order valence-corrected chi connectivity index (χ0v) is 19.6. The van der Waals surface area contributed by atoms with Gasteiger partial charge in [-0.25, -0.2) is 9.24 Å². The van der Waals surface area contributed by atoms with Crippen molar-refractivity contribution in [1.29, 1.82) is 5.26 Å². The quantitative estimate of drug-likeness (QED) is 0.601. The first-order chi connectivity index (χ1) is 14.7. The van der Waals surface area contributed by atoms with Crippen LogP contribution in [0.25, 0.3) is 10.8 Å². The summed E-state index contributed by atoms with van der Waals surface area (Å²) in [5.41, 5.74) is 1.84. The third-order valence-electron chi connectivity index (χ3n) is 6.63. The van der Waals surface area contributed by atoms with E-state index in [4.69, 9.17) is 4.52 Å². The van der Waals surface area contributed by atoms with E-state index in [0.717, 1.165) is 42.1 Å². The molecule has 4 rings (SSSR count). The van der Waals surface area contributed by atoms with Crippen LogP contribution >= 0.6 is 7.75 Å². The standard InChI is InChI=1S/C24H32N3O3P/c1-16(2)27(17(3)4)31(28,29)30-21-13-19-10-11-20(14-21)26(19)24-12-9-18(15-25)22-7-5-6-8-23(22)24/h5-9,12,16-17,19-21H,10-11,13-14H2,1-4H3,(H,28,29). The van der Waals surface area contributed by atoms with Crippen molar-refractivity contribution in [2.45, 2.75) is 83.6 Å². The Balaban J connectivity index is 1.58. The molecular formula is C24H32N3O3P. The molecule has 2 heterocycles. The molecule has 0 aliphatic carbocycles. The van der Waals surface area contributed by atoms with Gasteiger partial charge in [0, 0.05) is 40.6 Å². The summed E-state index contributed by atoms with van der Waals surface area (Å²) < 4.78 is 20.6. The van der Waals surface area contributed by atoms with Crippen molar-refractivity contribution >= 4 is 24.2 Å². The summed E-state index contributed by atoms with van der Waals surface area (Å²) in [6.07, 6.45) is 3.34. The van der Waals surface area contributed by atoms with Gasteiger partial charge in [0.2, 0.25) is 0 Å². The molecule has 3 atom stereocenters. The Hall–Kier alpha value is -1.90. The highest BCUT2D eigenvalue weighted by Gasteiger charge is 2.45. The molecule has 166 valence electrons. The van der Waals surface area contributed by atoms with Crippen LogP contribution < -0.4 is 4.90 Å². The molecule has 2 aliphatic rings. The van der Waals surface area contributed by atoms with E-state index in [-0.39, 0.29) is 30.3 Å². The molecule has 7 heteroatoms. The summed E-state index contributed by atoms with van der Waals surface area (Å²) in [7, 11) is -3.87. The van der Waals surface area contributed by atoms with Crippen LogP contribution in [0, 0.1) is 11.3 Å². The molecule has 2 fully saturated rings. The SMILES string of the molecule is CC(C)N(C(C)C)P(=O)(O)OC1CC2CCC(C1)N2c1ccc(C#N)c2ccccc12.